The molecule has 1 heterocycles. The Morgan fingerprint density at radius 3 is 1.69 bits per heavy atom. The molecule has 3 aromatic carbocycles. The summed E-state index contributed by atoms with van der Waals surface area (Å²) in [6.45, 7) is 0. The van der Waals surface area contributed by atoms with E-state index in [2.05, 4.69) is 90.8 Å². The minimum atomic E-state index is -0.385. The summed E-state index contributed by atoms with van der Waals surface area (Å²) < 4.78 is 0. The smallest absolute Gasteiger partial charge is 0.0645 e. The van der Waals surface area contributed by atoms with E-state index >= 15 is 0 Å². The topological polar surface area (TPSA) is 23.5 Å². The van der Waals surface area contributed by atoms with Crippen LogP contribution in [0, 0.1) is 0 Å². The van der Waals surface area contributed by atoms with Crippen molar-refractivity contribution in [2.24, 2.45) is 0 Å². The first-order valence-electron chi connectivity index (χ1n) is 9.30. The summed E-state index contributed by atoms with van der Waals surface area (Å²) in [6, 6.07) is 31.9. The van der Waals surface area contributed by atoms with E-state index in [1.54, 1.807) is 0 Å². The Labute approximate surface area is 155 Å². The highest BCUT2D eigenvalue weighted by Gasteiger charge is 2.42. The summed E-state index contributed by atoms with van der Waals surface area (Å²) in [6.07, 6.45) is 0.354. The molecule has 1 saturated heterocycles. The molecule has 0 saturated carbocycles. The molecule has 2 nitrogen and oxygen atoms in total. The molecule has 3 aromatic rings. The molecule has 26 heavy (non-hydrogen) atoms. The zero-order valence-corrected chi connectivity index (χ0v) is 15.1. The molecule has 0 radical (unpaired) electrons. The van der Waals surface area contributed by atoms with E-state index in [1.807, 2.05) is 12.1 Å². The van der Waals surface area contributed by atoms with Gasteiger partial charge in [-0.05, 0) is 30.2 Å². The Morgan fingerprint density at radius 2 is 1.15 bits per heavy atom. The Hall–Kier alpha value is -2.42. The first-order valence-corrected chi connectivity index (χ1v) is 9.30. The lowest BCUT2D eigenvalue weighted by molar-refractivity contribution is -0.00811. The largest absolute Gasteiger partial charge is 0.392 e. The van der Waals surface area contributed by atoms with Gasteiger partial charge in [0.05, 0.1) is 6.10 Å². The van der Waals surface area contributed by atoms with Crippen molar-refractivity contribution in [3.63, 3.8) is 0 Å². The van der Waals surface area contributed by atoms with Crippen molar-refractivity contribution >= 4 is 0 Å². The van der Waals surface area contributed by atoms with Crippen LogP contribution in [0.15, 0.2) is 91.0 Å². The van der Waals surface area contributed by atoms with Crippen molar-refractivity contribution in [1.82, 2.24) is 4.90 Å². The van der Waals surface area contributed by atoms with Crippen LogP contribution in [-0.4, -0.2) is 23.2 Å². The van der Waals surface area contributed by atoms with Crippen LogP contribution in [0.5, 0.6) is 0 Å². The fourth-order valence-corrected chi connectivity index (χ4v) is 4.42. The van der Waals surface area contributed by atoms with Gasteiger partial charge in [0, 0.05) is 18.0 Å². The third-order valence-corrected chi connectivity index (χ3v) is 5.66. The van der Waals surface area contributed by atoms with Gasteiger partial charge in [0.2, 0.25) is 0 Å². The van der Waals surface area contributed by atoms with Crippen LogP contribution in [-0.2, 0) is 0 Å². The lowest BCUT2D eigenvalue weighted by Gasteiger charge is -2.47. The second kappa shape index (κ2) is 7.45. The molecule has 2 heteroatoms. The highest BCUT2D eigenvalue weighted by Crippen LogP contribution is 2.48. The SMILES string of the molecule is CN1[C@H](c2ccccc2)[C@H](c2ccccc2)[C@@H](O)C[C@H]1c1ccccc1. The van der Waals surface area contributed by atoms with E-state index < -0.39 is 0 Å². The maximum absolute atomic E-state index is 11.2. The molecule has 0 amide bonds. The standard InChI is InChI=1S/C24H25NO/c1-25-21(18-11-5-2-6-12-18)17-22(26)23(19-13-7-3-8-14-19)24(25)20-15-9-4-10-16-20/h2-16,21-24,26H,17H2,1H3/t21-,22-,23+,24+/m0/s1. The van der Waals surface area contributed by atoms with Gasteiger partial charge in [0.15, 0.2) is 0 Å². The monoisotopic (exact) mass is 343 g/mol. The number of likely N-dealkylation sites (tertiary alicyclic amines) is 1. The van der Waals surface area contributed by atoms with Crippen LogP contribution in [0.1, 0.15) is 41.1 Å². The van der Waals surface area contributed by atoms with Crippen LogP contribution in [0.4, 0.5) is 0 Å². The normalized spacial score (nSPS) is 26.5. The maximum Gasteiger partial charge on any atom is 0.0645 e. The Kier molecular flexibility index (Phi) is 4.87. The summed E-state index contributed by atoms with van der Waals surface area (Å²) in [4.78, 5) is 2.44. The molecule has 1 aliphatic heterocycles. The van der Waals surface area contributed by atoms with Crippen LogP contribution in [0.3, 0.4) is 0 Å². The average molecular weight is 343 g/mol. The minimum absolute atomic E-state index is 0.0589. The average Bonchev–Trinajstić information content (AvgIpc) is 2.71. The summed E-state index contributed by atoms with van der Waals surface area (Å²) >= 11 is 0. The van der Waals surface area contributed by atoms with Crippen molar-refractivity contribution in [2.45, 2.75) is 30.5 Å². The number of benzene rings is 3. The van der Waals surface area contributed by atoms with E-state index in [0.29, 0.717) is 0 Å². The third-order valence-electron chi connectivity index (χ3n) is 5.66. The van der Waals surface area contributed by atoms with Crippen molar-refractivity contribution in [3.8, 4) is 0 Å². The number of likely N-dealkylation sites (N-methyl/N-ethyl adjacent to an activating group) is 1. The van der Waals surface area contributed by atoms with Crippen molar-refractivity contribution in [2.75, 3.05) is 7.05 Å². The molecular formula is C24H25NO. The van der Waals surface area contributed by atoms with Gasteiger partial charge in [-0.15, -0.1) is 0 Å². The lowest BCUT2D eigenvalue weighted by atomic mass is 9.75. The summed E-state index contributed by atoms with van der Waals surface area (Å²) in [5.41, 5.74) is 3.72. The van der Waals surface area contributed by atoms with E-state index in [9.17, 15) is 5.11 Å². The van der Waals surface area contributed by atoms with Crippen LogP contribution < -0.4 is 0 Å². The molecule has 132 valence electrons. The third kappa shape index (κ3) is 3.18. The molecular weight excluding hydrogens is 318 g/mol. The lowest BCUT2D eigenvalue weighted by Crippen LogP contribution is -2.44. The van der Waals surface area contributed by atoms with E-state index in [1.165, 1.54) is 16.7 Å². The van der Waals surface area contributed by atoms with Crippen molar-refractivity contribution in [3.05, 3.63) is 108 Å². The number of aliphatic hydroxyl groups excluding tert-OH is 1. The van der Waals surface area contributed by atoms with E-state index in [0.717, 1.165) is 6.42 Å². The molecule has 4 rings (SSSR count). The summed E-state index contributed by atoms with van der Waals surface area (Å²) in [5.74, 6) is 0.0589. The molecule has 0 aromatic heterocycles. The minimum Gasteiger partial charge on any atom is -0.392 e. The number of rotatable bonds is 3. The van der Waals surface area contributed by atoms with Gasteiger partial charge >= 0.3 is 0 Å². The van der Waals surface area contributed by atoms with Gasteiger partial charge in [0.1, 0.15) is 0 Å². The molecule has 0 unspecified atom stereocenters. The fraction of sp³-hybridized carbons (Fsp3) is 0.250. The quantitative estimate of drug-likeness (QED) is 0.727. The molecule has 1 fully saturated rings. The maximum atomic E-state index is 11.2. The zero-order chi connectivity index (χ0) is 17.9. The van der Waals surface area contributed by atoms with Gasteiger partial charge in [-0.3, -0.25) is 4.90 Å². The Morgan fingerprint density at radius 1 is 0.692 bits per heavy atom. The number of nitrogens with zero attached hydrogens (tertiary/aromatic N) is 1. The number of piperidine rings is 1. The molecule has 0 aliphatic carbocycles. The zero-order valence-electron chi connectivity index (χ0n) is 15.1. The first kappa shape index (κ1) is 17.0. The second-order valence-corrected chi connectivity index (χ2v) is 7.19. The number of hydrogen-bond donors (Lipinski definition) is 1. The predicted octanol–water partition coefficient (Wildman–Crippen LogP) is 4.95. The Balaban J connectivity index is 1.78. The fourth-order valence-electron chi connectivity index (χ4n) is 4.42. The van der Waals surface area contributed by atoms with Crippen LogP contribution in [0.2, 0.25) is 0 Å². The summed E-state index contributed by atoms with van der Waals surface area (Å²) in [7, 11) is 2.19. The van der Waals surface area contributed by atoms with Gasteiger partial charge in [0.25, 0.3) is 0 Å². The Bertz CT molecular complexity index is 819. The molecule has 0 spiro atoms. The number of aliphatic hydroxyl groups is 1. The predicted molar refractivity (Wildman–Crippen MR) is 106 cm³/mol. The molecule has 0 bridgehead atoms. The van der Waals surface area contributed by atoms with Crippen LogP contribution >= 0.6 is 0 Å². The van der Waals surface area contributed by atoms with E-state index in [4.69, 9.17) is 0 Å². The molecule has 1 aliphatic rings. The van der Waals surface area contributed by atoms with Gasteiger partial charge in [-0.1, -0.05) is 91.0 Å². The molecule has 1 N–H and O–H groups in total. The van der Waals surface area contributed by atoms with E-state index in [-0.39, 0.29) is 24.1 Å². The number of hydrogen-bond acceptors (Lipinski definition) is 2. The van der Waals surface area contributed by atoms with Crippen LogP contribution in [0.25, 0.3) is 0 Å². The van der Waals surface area contributed by atoms with Gasteiger partial charge in [-0.2, -0.15) is 0 Å². The highest BCUT2D eigenvalue weighted by molar-refractivity contribution is 5.32. The van der Waals surface area contributed by atoms with Crippen molar-refractivity contribution in [1.29, 1.82) is 0 Å². The second-order valence-electron chi connectivity index (χ2n) is 7.19. The van der Waals surface area contributed by atoms with Crippen molar-refractivity contribution < 1.29 is 5.11 Å². The first-order chi connectivity index (χ1) is 12.8. The van der Waals surface area contributed by atoms with Gasteiger partial charge < -0.3 is 5.11 Å². The van der Waals surface area contributed by atoms with Gasteiger partial charge in [-0.25, -0.2) is 0 Å². The highest BCUT2D eigenvalue weighted by atomic mass is 16.3. The molecule has 4 atom stereocenters. The summed E-state index contributed by atoms with van der Waals surface area (Å²) in [5, 5.41) is 11.2.